The second-order valence-corrected chi connectivity index (χ2v) is 7.97. The zero-order chi connectivity index (χ0) is 17.3. The van der Waals surface area contributed by atoms with Crippen molar-refractivity contribution in [2.75, 3.05) is 18.8 Å². The van der Waals surface area contributed by atoms with E-state index >= 15 is 0 Å². The lowest BCUT2D eigenvalue weighted by molar-refractivity contribution is -0.137. The van der Waals surface area contributed by atoms with Gasteiger partial charge in [0.05, 0.1) is 5.75 Å². The molecule has 0 aliphatic carbocycles. The van der Waals surface area contributed by atoms with Gasteiger partial charge in [-0.1, -0.05) is 19.8 Å². The largest absolute Gasteiger partial charge is 0.481 e. The van der Waals surface area contributed by atoms with Crippen LogP contribution in [-0.4, -0.2) is 54.6 Å². The van der Waals surface area contributed by atoms with Crippen LogP contribution in [0.1, 0.15) is 58.3 Å². The van der Waals surface area contributed by atoms with Gasteiger partial charge >= 0.3 is 5.97 Å². The van der Waals surface area contributed by atoms with Crippen molar-refractivity contribution in [3.63, 3.8) is 0 Å². The maximum absolute atomic E-state index is 12.3. The van der Waals surface area contributed by atoms with E-state index in [-0.39, 0.29) is 18.1 Å². The number of carboxylic acid groups (broad SMARTS) is 1. The molecule has 2 N–H and O–H groups in total. The van der Waals surface area contributed by atoms with E-state index in [1.807, 2.05) is 6.92 Å². The highest BCUT2D eigenvalue weighted by Gasteiger charge is 2.35. The topological polar surface area (TPSA) is 104 Å². The molecule has 0 aromatic carbocycles. The second-order valence-electron chi connectivity index (χ2n) is 5.93. The molecule has 0 spiro atoms. The van der Waals surface area contributed by atoms with Gasteiger partial charge in [0.15, 0.2) is 0 Å². The number of aliphatic carboxylic acids is 1. The normalized spacial score (nSPS) is 19.4. The van der Waals surface area contributed by atoms with Gasteiger partial charge in [0, 0.05) is 19.5 Å². The Hall–Kier alpha value is -1.15. The molecule has 0 saturated carbocycles. The smallest absolute Gasteiger partial charge is 0.303 e. The summed E-state index contributed by atoms with van der Waals surface area (Å²) in [6.07, 6.45) is 4.91. The van der Waals surface area contributed by atoms with E-state index in [0.717, 1.165) is 19.3 Å². The number of nitrogens with one attached hydrogen (secondary N) is 1. The van der Waals surface area contributed by atoms with Crippen LogP contribution < -0.4 is 5.32 Å². The van der Waals surface area contributed by atoms with E-state index in [9.17, 15) is 18.0 Å². The van der Waals surface area contributed by atoms with Crippen molar-refractivity contribution < 1.29 is 23.1 Å². The average molecular weight is 348 g/mol. The first-order valence-electron chi connectivity index (χ1n) is 8.37. The van der Waals surface area contributed by atoms with Crippen molar-refractivity contribution in [1.29, 1.82) is 0 Å². The fourth-order valence-electron chi connectivity index (χ4n) is 2.78. The van der Waals surface area contributed by atoms with Crippen LogP contribution in [0.5, 0.6) is 0 Å². The number of hydrogen-bond donors (Lipinski definition) is 2. The lowest BCUT2D eigenvalue weighted by Gasteiger charge is -2.33. The van der Waals surface area contributed by atoms with Crippen molar-refractivity contribution in [1.82, 2.24) is 9.62 Å². The second kappa shape index (κ2) is 9.87. The Balaban J connectivity index is 2.44. The van der Waals surface area contributed by atoms with Gasteiger partial charge in [-0.15, -0.1) is 0 Å². The maximum atomic E-state index is 12.3. The molecular formula is C15H28N2O5S. The predicted octanol–water partition coefficient (Wildman–Crippen LogP) is 1.34. The van der Waals surface area contributed by atoms with E-state index in [0.29, 0.717) is 38.8 Å². The van der Waals surface area contributed by atoms with Gasteiger partial charge < -0.3 is 10.4 Å². The molecule has 1 saturated heterocycles. The van der Waals surface area contributed by atoms with Crippen molar-refractivity contribution in [2.24, 2.45) is 0 Å². The Morgan fingerprint density at radius 2 is 1.96 bits per heavy atom. The van der Waals surface area contributed by atoms with Crippen molar-refractivity contribution in [3.05, 3.63) is 0 Å². The zero-order valence-electron chi connectivity index (χ0n) is 13.8. The summed E-state index contributed by atoms with van der Waals surface area (Å²) >= 11 is 0. The van der Waals surface area contributed by atoms with Crippen LogP contribution in [0.15, 0.2) is 0 Å². The third-order valence-corrected chi connectivity index (χ3v) is 6.02. The fraction of sp³-hybridized carbons (Fsp3) is 0.867. The molecule has 0 aromatic heterocycles. The van der Waals surface area contributed by atoms with Gasteiger partial charge in [-0.3, -0.25) is 9.59 Å². The molecule has 134 valence electrons. The Labute approximate surface area is 138 Å². The molecule has 0 radical (unpaired) electrons. The molecule has 1 aliphatic rings. The average Bonchev–Trinajstić information content (AvgIpc) is 2.50. The quantitative estimate of drug-likeness (QED) is 0.580. The number of nitrogens with zero attached hydrogens (tertiary/aromatic N) is 1. The Morgan fingerprint density at radius 3 is 2.61 bits per heavy atom. The summed E-state index contributed by atoms with van der Waals surface area (Å²) in [5, 5.41) is 11.3. The highest BCUT2D eigenvalue weighted by atomic mass is 32.2. The zero-order valence-corrected chi connectivity index (χ0v) is 14.6. The molecule has 8 heteroatoms. The van der Waals surface area contributed by atoms with E-state index < -0.39 is 22.0 Å². The molecule has 23 heavy (non-hydrogen) atoms. The molecule has 1 aliphatic heterocycles. The SMILES string of the molecule is CCCS(=O)(=O)N1CCCCC1C(=O)NCCCCCC(=O)O. The molecule has 7 nitrogen and oxygen atoms in total. The predicted molar refractivity (Wildman–Crippen MR) is 87.5 cm³/mol. The minimum absolute atomic E-state index is 0.0754. The third-order valence-electron chi connectivity index (χ3n) is 3.94. The first-order chi connectivity index (χ1) is 10.9. The van der Waals surface area contributed by atoms with E-state index in [1.54, 1.807) is 0 Å². The number of carboxylic acids is 1. The lowest BCUT2D eigenvalue weighted by Crippen LogP contribution is -2.52. The number of rotatable bonds is 10. The molecule has 0 bridgehead atoms. The molecule has 1 unspecified atom stereocenters. The number of hydrogen-bond acceptors (Lipinski definition) is 4. The number of carbonyl (C=O) groups is 2. The molecule has 1 amide bonds. The highest BCUT2D eigenvalue weighted by Crippen LogP contribution is 2.21. The number of piperidine rings is 1. The van der Waals surface area contributed by atoms with Gasteiger partial charge in [0.1, 0.15) is 6.04 Å². The van der Waals surface area contributed by atoms with Gasteiger partial charge in [0.2, 0.25) is 15.9 Å². The Morgan fingerprint density at radius 1 is 1.22 bits per heavy atom. The molecule has 1 atom stereocenters. The van der Waals surface area contributed by atoms with E-state index in [4.69, 9.17) is 5.11 Å². The summed E-state index contributed by atoms with van der Waals surface area (Å²) < 4.78 is 25.9. The van der Waals surface area contributed by atoms with Gasteiger partial charge in [0.25, 0.3) is 0 Å². The Kier molecular flexibility index (Phi) is 8.54. The molecular weight excluding hydrogens is 320 g/mol. The van der Waals surface area contributed by atoms with Crippen LogP contribution in [0, 0.1) is 0 Å². The summed E-state index contributed by atoms with van der Waals surface area (Å²) in [5.41, 5.74) is 0. The van der Waals surface area contributed by atoms with E-state index in [2.05, 4.69) is 5.32 Å². The van der Waals surface area contributed by atoms with Crippen LogP contribution >= 0.6 is 0 Å². The van der Waals surface area contributed by atoms with Crippen molar-refractivity contribution in [3.8, 4) is 0 Å². The number of carbonyl (C=O) groups excluding carboxylic acids is 1. The Bertz CT molecular complexity index is 492. The highest BCUT2D eigenvalue weighted by molar-refractivity contribution is 7.89. The van der Waals surface area contributed by atoms with Crippen LogP contribution in [0.25, 0.3) is 0 Å². The van der Waals surface area contributed by atoms with E-state index in [1.165, 1.54) is 4.31 Å². The minimum atomic E-state index is -3.37. The van der Waals surface area contributed by atoms with Gasteiger partial charge in [-0.2, -0.15) is 4.31 Å². The third kappa shape index (κ3) is 6.87. The molecule has 1 fully saturated rings. The number of sulfonamides is 1. The fourth-order valence-corrected chi connectivity index (χ4v) is 4.53. The first-order valence-corrected chi connectivity index (χ1v) is 9.98. The lowest BCUT2D eigenvalue weighted by atomic mass is 10.0. The first kappa shape index (κ1) is 19.9. The number of amides is 1. The van der Waals surface area contributed by atoms with Crippen LogP contribution in [0.2, 0.25) is 0 Å². The maximum Gasteiger partial charge on any atom is 0.303 e. The summed E-state index contributed by atoms with van der Waals surface area (Å²) in [5.74, 6) is -0.970. The molecule has 0 aromatic rings. The van der Waals surface area contributed by atoms with Crippen molar-refractivity contribution in [2.45, 2.75) is 64.3 Å². The standard InChI is InChI=1S/C15H28N2O5S/c1-2-12-23(21,22)17-11-7-5-8-13(17)15(20)16-10-6-3-4-9-14(18)19/h13H,2-12H2,1H3,(H,16,20)(H,18,19). The van der Waals surface area contributed by atoms with Crippen LogP contribution in [0.4, 0.5) is 0 Å². The van der Waals surface area contributed by atoms with Crippen LogP contribution in [0.3, 0.4) is 0 Å². The molecule has 1 rings (SSSR count). The summed E-state index contributed by atoms with van der Waals surface area (Å²) in [6, 6.07) is -0.598. The minimum Gasteiger partial charge on any atom is -0.481 e. The monoisotopic (exact) mass is 348 g/mol. The number of unbranched alkanes of at least 4 members (excludes halogenated alkanes) is 2. The van der Waals surface area contributed by atoms with Gasteiger partial charge in [-0.25, -0.2) is 8.42 Å². The summed E-state index contributed by atoms with van der Waals surface area (Å²) in [7, 11) is -3.37. The molecule has 1 heterocycles. The van der Waals surface area contributed by atoms with Crippen molar-refractivity contribution >= 4 is 21.9 Å². The summed E-state index contributed by atoms with van der Waals surface area (Å²) in [6.45, 7) is 2.68. The van der Waals surface area contributed by atoms with Crippen LogP contribution in [-0.2, 0) is 19.6 Å². The van der Waals surface area contributed by atoms with Gasteiger partial charge in [-0.05, 0) is 32.1 Å². The summed E-state index contributed by atoms with van der Waals surface area (Å²) in [4.78, 5) is 22.7.